The van der Waals surface area contributed by atoms with Crippen LogP contribution in [0.4, 0.5) is 0 Å². The number of morpholine rings is 1. The summed E-state index contributed by atoms with van der Waals surface area (Å²) in [6.45, 7) is 7.64. The van der Waals surface area contributed by atoms with E-state index in [9.17, 15) is 4.79 Å². The van der Waals surface area contributed by atoms with Crippen LogP contribution in [0, 0.1) is 13.8 Å². The first-order valence-electron chi connectivity index (χ1n) is 9.98. The average Bonchev–Trinajstić information content (AvgIpc) is 2.73. The van der Waals surface area contributed by atoms with Crippen LogP contribution in [-0.2, 0) is 9.53 Å². The number of nitrogens with zero attached hydrogens (tertiary/aromatic N) is 1. The first-order valence-corrected chi connectivity index (χ1v) is 9.98. The summed E-state index contributed by atoms with van der Waals surface area (Å²) in [4.78, 5) is 14.7. The molecule has 0 radical (unpaired) electrons. The van der Waals surface area contributed by atoms with Crippen LogP contribution in [0.3, 0.4) is 0 Å². The van der Waals surface area contributed by atoms with Crippen LogP contribution < -0.4 is 14.8 Å². The number of carbonyl (C=O) groups is 1. The molecule has 6 heteroatoms. The second-order valence-electron chi connectivity index (χ2n) is 7.35. The van der Waals surface area contributed by atoms with Gasteiger partial charge in [0, 0.05) is 19.6 Å². The summed E-state index contributed by atoms with van der Waals surface area (Å²) >= 11 is 0. The molecule has 1 heterocycles. The molecule has 1 saturated heterocycles. The van der Waals surface area contributed by atoms with Crippen molar-refractivity contribution in [1.82, 2.24) is 10.2 Å². The Morgan fingerprint density at radius 1 is 1.07 bits per heavy atom. The molecule has 6 nitrogen and oxygen atoms in total. The smallest absolute Gasteiger partial charge is 0.258 e. The molecule has 3 rings (SSSR count). The maximum atomic E-state index is 12.4. The fraction of sp³-hybridized carbons (Fsp3) is 0.435. The van der Waals surface area contributed by atoms with E-state index < -0.39 is 0 Å². The third-order valence-corrected chi connectivity index (χ3v) is 5.04. The van der Waals surface area contributed by atoms with E-state index >= 15 is 0 Å². The predicted molar refractivity (Wildman–Crippen MR) is 113 cm³/mol. The minimum absolute atomic E-state index is 0.00133. The standard InChI is InChI=1S/C23H30N2O4/c1-17-12-18(2)14-21(13-17)29-16-23(26)24-15-22(25-8-10-28-11-9-25)19-4-6-20(27-3)7-5-19/h4-7,12-14,22H,8-11,15-16H2,1-3H3,(H,24,26)/t22-/m0/s1. The Labute approximate surface area is 172 Å². The third kappa shape index (κ3) is 6.21. The molecule has 0 bridgehead atoms. The average molecular weight is 399 g/mol. The van der Waals surface area contributed by atoms with Crippen LogP contribution in [0.5, 0.6) is 11.5 Å². The predicted octanol–water partition coefficient (Wildman–Crippen LogP) is 2.88. The zero-order valence-corrected chi connectivity index (χ0v) is 17.4. The molecular formula is C23H30N2O4. The minimum Gasteiger partial charge on any atom is -0.497 e. The zero-order valence-electron chi connectivity index (χ0n) is 17.4. The quantitative estimate of drug-likeness (QED) is 0.741. The maximum Gasteiger partial charge on any atom is 0.258 e. The van der Waals surface area contributed by atoms with Gasteiger partial charge in [-0.05, 0) is 54.8 Å². The van der Waals surface area contributed by atoms with Gasteiger partial charge in [-0.15, -0.1) is 0 Å². The molecule has 29 heavy (non-hydrogen) atoms. The van der Waals surface area contributed by atoms with E-state index in [0.29, 0.717) is 19.8 Å². The van der Waals surface area contributed by atoms with Gasteiger partial charge in [-0.2, -0.15) is 0 Å². The van der Waals surface area contributed by atoms with Crippen LogP contribution in [0.2, 0.25) is 0 Å². The van der Waals surface area contributed by atoms with Crippen molar-refractivity contribution >= 4 is 5.91 Å². The second-order valence-corrected chi connectivity index (χ2v) is 7.35. The highest BCUT2D eigenvalue weighted by molar-refractivity contribution is 5.77. The number of aryl methyl sites for hydroxylation is 2. The molecule has 0 aromatic heterocycles. The van der Waals surface area contributed by atoms with Crippen LogP contribution in [0.15, 0.2) is 42.5 Å². The summed E-state index contributed by atoms with van der Waals surface area (Å²) in [5.74, 6) is 1.41. The Balaban J connectivity index is 1.60. The van der Waals surface area contributed by atoms with Gasteiger partial charge < -0.3 is 19.5 Å². The topological polar surface area (TPSA) is 60.0 Å². The van der Waals surface area contributed by atoms with Crippen molar-refractivity contribution in [2.45, 2.75) is 19.9 Å². The Morgan fingerprint density at radius 3 is 2.34 bits per heavy atom. The molecule has 2 aromatic carbocycles. The van der Waals surface area contributed by atoms with Crippen molar-refractivity contribution in [1.29, 1.82) is 0 Å². The molecule has 1 amide bonds. The van der Waals surface area contributed by atoms with Crippen molar-refractivity contribution in [3.8, 4) is 11.5 Å². The molecule has 2 aromatic rings. The van der Waals surface area contributed by atoms with Gasteiger partial charge in [-0.1, -0.05) is 18.2 Å². The van der Waals surface area contributed by atoms with Crippen molar-refractivity contribution in [2.24, 2.45) is 0 Å². The van der Waals surface area contributed by atoms with E-state index in [-0.39, 0.29) is 18.6 Å². The van der Waals surface area contributed by atoms with Crippen LogP contribution in [-0.4, -0.2) is 57.4 Å². The maximum absolute atomic E-state index is 12.4. The van der Waals surface area contributed by atoms with Gasteiger partial charge in [0.05, 0.1) is 26.4 Å². The van der Waals surface area contributed by atoms with Gasteiger partial charge in [0.15, 0.2) is 6.61 Å². The molecule has 0 saturated carbocycles. The van der Waals surface area contributed by atoms with Gasteiger partial charge in [0.25, 0.3) is 5.91 Å². The highest BCUT2D eigenvalue weighted by Crippen LogP contribution is 2.23. The summed E-state index contributed by atoms with van der Waals surface area (Å²) < 4.78 is 16.4. The number of amides is 1. The number of rotatable bonds is 8. The Bertz CT molecular complexity index is 781. The molecule has 1 aliphatic heterocycles. The van der Waals surface area contributed by atoms with Gasteiger partial charge in [0.2, 0.25) is 0 Å². The highest BCUT2D eigenvalue weighted by Gasteiger charge is 2.23. The van der Waals surface area contributed by atoms with Crippen molar-refractivity contribution < 1.29 is 19.0 Å². The van der Waals surface area contributed by atoms with Gasteiger partial charge in [-0.3, -0.25) is 9.69 Å². The van der Waals surface area contributed by atoms with E-state index in [2.05, 4.69) is 28.4 Å². The van der Waals surface area contributed by atoms with E-state index in [1.165, 1.54) is 0 Å². The molecule has 0 aliphatic carbocycles. The lowest BCUT2D eigenvalue weighted by Crippen LogP contribution is -2.44. The van der Waals surface area contributed by atoms with E-state index in [0.717, 1.165) is 41.3 Å². The number of hydrogen-bond donors (Lipinski definition) is 1. The second kappa shape index (κ2) is 10.3. The third-order valence-electron chi connectivity index (χ3n) is 5.04. The van der Waals surface area contributed by atoms with E-state index in [4.69, 9.17) is 14.2 Å². The van der Waals surface area contributed by atoms with E-state index in [1.807, 2.05) is 38.1 Å². The largest absolute Gasteiger partial charge is 0.497 e. The number of ether oxygens (including phenoxy) is 3. The summed E-state index contributed by atoms with van der Waals surface area (Å²) in [5.41, 5.74) is 3.38. The fourth-order valence-electron chi connectivity index (χ4n) is 3.60. The molecule has 1 aliphatic rings. The van der Waals surface area contributed by atoms with Crippen LogP contribution in [0.1, 0.15) is 22.7 Å². The van der Waals surface area contributed by atoms with Crippen molar-refractivity contribution in [3.05, 3.63) is 59.2 Å². The summed E-state index contributed by atoms with van der Waals surface area (Å²) in [6, 6.07) is 14.0. The Morgan fingerprint density at radius 2 is 1.72 bits per heavy atom. The lowest BCUT2D eigenvalue weighted by atomic mass is 10.0. The van der Waals surface area contributed by atoms with Crippen molar-refractivity contribution in [2.75, 3.05) is 46.6 Å². The first kappa shape index (κ1) is 21.1. The molecule has 0 spiro atoms. The number of methoxy groups -OCH3 is 1. The van der Waals surface area contributed by atoms with Gasteiger partial charge >= 0.3 is 0 Å². The molecule has 1 atom stereocenters. The van der Waals surface area contributed by atoms with Gasteiger partial charge in [0.1, 0.15) is 11.5 Å². The monoisotopic (exact) mass is 398 g/mol. The first-order chi connectivity index (χ1) is 14.0. The van der Waals surface area contributed by atoms with Gasteiger partial charge in [-0.25, -0.2) is 0 Å². The molecule has 0 unspecified atom stereocenters. The number of hydrogen-bond acceptors (Lipinski definition) is 5. The van der Waals surface area contributed by atoms with Crippen LogP contribution in [0.25, 0.3) is 0 Å². The Hall–Kier alpha value is -2.57. The summed E-state index contributed by atoms with van der Waals surface area (Å²) in [7, 11) is 1.66. The Kier molecular flexibility index (Phi) is 7.49. The highest BCUT2D eigenvalue weighted by atomic mass is 16.5. The fourth-order valence-corrected chi connectivity index (χ4v) is 3.60. The number of carbonyl (C=O) groups excluding carboxylic acids is 1. The van der Waals surface area contributed by atoms with Crippen LogP contribution >= 0.6 is 0 Å². The summed E-state index contributed by atoms with van der Waals surface area (Å²) in [6.07, 6.45) is 0. The van der Waals surface area contributed by atoms with E-state index in [1.54, 1.807) is 7.11 Å². The summed E-state index contributed by atoms with van der Waals surface area (Å²) in [5, 5.41) is 3.03. The minimum atomic E-state index is -0.129. The number of benzene rings is 2. The lowest BCUT2D eigenvalue weighted by Gasteiger charge is -2.35. The number of nitrogens with one attached hydrogen (secondary N) is 1. The molecule has 1 fully saturated rings. The molecular weight excluding hydrogens is 368 g/mol. The molecule has 1 N–H and O–H groups in total. The molecule has 156 valence electrons. The lowest BCUT2D eigenvalue weighted by molar-refractivity contribution is -0.123. The van der Waals surface area contributed by atoms with Crippen molar-refractivity contribution in [3.63, 3.8) is 0 Å². The zero-order chi connectivity index (χ0) is 20.6. The normalized spacial score (nSPS) is 15.6. The SMILES string of the molecule is COc1ccc([C@H](CNC(=O)COc2cc(C)cc(C)c2)N2CCOCC2)cc1.